The molecule has 2 aromatic heterocycles. The largest absolute Gasteiger partial charge is 0.379 e. The lowest BCUT2D eigenvalue weighted by Gasteiger charge is -1.98. The molecule has 6 nitrogen and oxygen atoms in total. The second-order valence-electron chi connectivity index (χ2n) is 3.92. The van der Waals surface area contributed by atoms with Crippen LogP contribution in [0.15, 0.2) is 22.8 Å². The molecule has 0 fully saturated rings. The average Bonchev–Trinajstić information content (AvgIpc) is 2.84. The number of nitrogens with two attached hydrogens (primary N) is 1. The molecule has 0 bridgehead atoms. The Labute approximate surface area is 97.0 Å². The smallest absolute Gasteiger partial charge is 0.196 e. The average molecular weight is 229 g/mol. The van der Waals surface area contributed by atoms with E-state index in [2.05, 4.69) is 19.9 Å². The van der Waals surface area contributed by atoms with Gasteiger partial charge in [0.2, 0.25) is 0 Å². The van der Waals surface area contributed by atoms with Crippen LogP contribution in [0.5, 0.6) is 0 Å². The summed E-state index contributed by atoms with van der Waals surface area (Å²) in [5, 5.41) is 7.34. The SMILES string of the molecule is Cc1nc2cc(-c3nonc3N)ccc2n1C. The predicted octanol–water partition coefficient (Wildman–Crippen LogP) is 1.51. The number of aromatic nitrogens is 4. The highest BCUT2D eigenvalue weighted by atomic mass is 16.6. The summed E-state index contributed by atoms with van der Waals surface area (Å²) in [7, 11) is 1.98. The summed E-state index contributed by atoms with van der Waals surface area (Å²) >= 11 is 0. The number of rotatable bonds is 1. The molecule has 0 saturated carbocycles. The van der Waals surface area contributed by atoms with Crippen LogP contribution in [0.3, 0.4) is 0 Å². The molecule has 3 aromatic rings. The van der Waals surface area contributed by atoms with Gasteiger partial charge in [0, 0.05) is 12.6 Å². The number of benzene rings is 1. The van der Waals surface area contributed by atoms with Gasteiger partial charge in [-0.1, -0.05) is 6.07 Å². The third-order valence-electron chi connectivity index (χ3n) is 2.89. The van der Waals surface area contributed by atoms with Gasteiger partial charge in [-0.3, -0.25) is 0 Å². The van der Waals surface area contributed by atoms with Crippen LogP contribution in [0.25, 0.3) is 22.3 Å². The second kappa shape index (κ2) is 3.31. The molecule has 17 heavy (non-hydrogen) atoms. The van der Waals surface area contributed by atoms with Crippen LogP contribution >= 0.6 is 0 Å². The number of anilines is 1. The highest BCUT2D eigenvalue weighted by Crippen LogP contribution is 2.25. The Morgan fingerprint density at radius 3 is 2.82 bits per heavy atom. The summed E-state index contributed by atoms with van der Waals surface area (Å²) in [5.74, 6) is 1.25. The van der Waals surface area contributed by atoms with Crippen LogP contribution in [-0.2, 0) is 7.05 Å². The first-order valence-electron chi connectivity index (χ1n) is 5.18. The fraction of sp³-hybridized carbons (Fsp3) is 0.182. The van der Waals surface area contributed by atoms with Gasteiger partial charge in [0.1, 0.15) is 5.82 Å². The van der Waals surface area contributed by atoms with E-state index in [0.29, 0.717) is 5.69 Å². The first-order chi connectivity index (χ1) is 8.16. The molecular weight excluding hydrogens is 218 g/mol. The third-order valence-corrected chi connectivity index (χ3v) is 2.89. The molecule has 0 spiro atoms. The van der Waals surface area contributed by atoms with Gasteiger partial charge in [-0.05, 0) is 29.4 Å². The Morgan fingerprint density at radius 1 is 1.29 bits per heavy atom. The summed E-state index contributed by atoms with van der Waals surface area (Å²) in [6.45, 7) is 1.96. The van der Waals surface area contributed by atoms with Crippen LogP contribution in [0, 0.1) is 6.92 Å². The van der Waals surface area contributed by atoms with Crippen molar-refractivity contribution in [2.75, 3.05) is 5.73 Å². The minimum absolute atomic E-state index is 0.289. The lowest BCUT2D eigenvalue weighted by molar-refractivity contribution is 0.310. The molecule has 0 amide bonds. The molecule has 0 atom stereocenters. The summed E-state index contributed by atoms with van der Waals surface area (Å²) in [6, 6.07) is 5.84. The standard InChI is InChI=1S/C11H11N5O/c1-6-13-8-5-7(3-4-9(8)16(6)2)10-11(12)15-17-14-10/h3-5H,1-2H3,(H2,12,15). The van der Waals surface area contributed by atoms with Gasteiger partial charge in [-0.15, -0.1) is 0 Å². The normalized spacial score (nSPS) is 11.2. The highest BCUT2D eigenvalue weighted by molar-refractivity contribution is 5.83. The fourth-order valence-corrected chi connectivity index (χ4v) is 1.86. The van der Waals surface area contributed by atoms with Crippen LogP contribution in [0.2, 0.25) is 0 Å². The number of hydrogen-bond acceptors (Lipinski definition) is 5. The van der Waals surface area contributed by atoms with E-state index in [1.165, 1.54) is 0 Å². The topological polar surface area (TPSA) is 82.8 Å². The zero-order chi connectivity index (χ0) is 12.0. The van der Waals surface area contributed by atoms with E-state index in [1.807, 2.05) is 36.7 Å². The number of nitrogens with zero attached hydrogens (tertiary/aromatic N) is 4. The number of fused-ring (bicyclic) bond motifs is 1. The zero-order valence-electron chi connectivity index (χ0n) is 9.51. The Balaban J connectivity index is 2.24. The zero-order valence-corrected chi connectivity index (χ0v) is 9.51. The Bertz CT molecular complexity index is 697. The van der Waals surface area contributed by atoms with E-state index in [1.54, 1.807) is 0 Å². The van der Waals surface area contributed by atoms with E-state index in [0.717, 1.165) is 22.4 Å². The van der Waals surface area contributed by atoms with Crippen molar-refractivity contribution in [2.24, 2.45) is 7.05 Å². The molecule has 6 heteroatoms. The van der Waals surface area contributed by atoms with E-state index >= 15 is 0 Å². The van der Waals surface area contributed by atoms with Gasteiger partial charge in [0.25, 0.3) is 0 Å². The maximum atomic E-state index is 5.66. The monoisotopic (exact) mass is 229 g/mol. The van der Waals surface area contributed by atoms with Crippen molar-refractivity contribution in [3.63, 3.8) is 0 Å². The first kappa shape index (κ1) is 9.83. The predicted molar refractivity (Wildman–Crippen MR) is 63.2 cm³/mol. The van der Waals surface area contributed by atoms with Crippen molar-refractivity contribution < 1.29 is 4.63 Å². The molecule has 0 aliphatic heterocycles. The van der Waals surface area contributed by atoms with Gasteiger partial charge < -0.3 is 10.3 Å². The molecular formula is C11H11N5O. The lowest BCUT2D eigenvalue weighted by Crippen LogP contribution is -1.90. The second-order valence-corrected chi connectivity index (χ2v) is 3.92. The van der Waals surface area contributed by atoms with Crippen molar-refractivity contribution in [1.82, 2.24) is 19.9 Å². The summed E-state index contributed by atoms with van der Waals surface area (Å²) in [5.41, 5.74) is 9.04. The molecule has 1 aromatic carbocycles. The highest BCUT2D eigenvalue weighted by Gasteiger charge is 2.11. The van der Waals surface area contributed by atoms with Crippen molar-refractivity contribution in [2.45, 2.75) is 6.92 Å². The molecule has 2 N–H and O–H groups in total. The first-order valence-corrected chi connectivity index (χ1v) is 5.18. The van der Waals surface area contributed by atoms with Gasteiger partial charge in [0.05, 0.1) is 11.0 Å². The maximum absolute atomic E-state index is 5.66. The summed E-state index contributed by atoms with van der Waals surface area (Å²) < 4.78 is 6.62. The van der Waals surface area contributed by atoms with E-state index in [4.69, 9.17) is 5.73 Å². The minimum Gasteiger partial charge on any atom is -0.379 e. The molecule has 0 aliphatic rings. The number of aryl methyl sites for hydroxylation is 2. The minimum atomic E-state index is 0.289. The molecule has 86 valence electrons. The summed E-state index contributed by atoms with van der Waals surface area (Å²) in [4.78, 5) is 4.46. The lowest BCUT2D eigenvalue weighted by atomic mass is 10.1. The Morgan fingerprint density at radius 2 is 2.12 bits per heavy atom. The summed E-state index contributed by atoms with van der Waals surface area (Å²) in [6.07, 6.45) is 0. The van der Waals surface area contributed by atoms with Crippen LogP contribution < -0.4 is 5.73 Å². The van der Waals surface area contributed by atoms with Crippen LogP contribution in [-0.4, -0.2) is 19.9 Å². The molecule has 3 rings (SSSR count). The number of hydrogen-bond donors (Lipinski definition) is 1. The Hall–Kier alpha value is -2.37. The number of nitrogen functional groups attached to an aromatic ring is 1. The van der Waals surface area contributed by atoms with E-state index < -0.39 is 0 Å². The van der Waals surface area contributed by atoms with Gasteiger partial charge in [-0.25, -0.2) is 9.61 Å². The van der Waals surface area contributed by atoms with Gasteiger partial charge in [-0.2, -0.15) is 0 Å². The van der Waals surface area contributed by atoms with Crippen molar-refractivity contribution in [3.05, 3.63) is 24.0 Å². The van der Waals surface area contributed by atoms with E-state index in [9.17, 15) is 0 Å². The van der Waals surface area contributed by atoms with Crippen molar-refractivity contribution >= 4 is 16.9 Å². The quantitative estimate of drug-likeness (QED) is 0.683. The molecule has 0 aliphatic carbocycles. The molecule has 2 heterocycles. The molecule has 0 radical (unpaired) electrons. The van der Waals surface area contributed by atoms with Gasteiger partial charge >= 0.3 is 0 Å². The fourth-order valence-electron chi connectivity index (χ4n) is 1.86. The van der Waals surface area contributed by atoms with Gasteiger partial charge in [0.15, 0.2) is 11.5 Å². The van der Waals surface area contributed by atoms with Crippen molar-refractivity contribution in [1.29, 1.82) is 0 Å². The Kier molecular flexibility index (Phi) is 1.91. The third kappa shape index (κ3) is 1.37. The van der Waals surface area contributed by atoms with Crippen LogP contribution in [0.4, 0.5) is 5.82 Å². The number of imidazole rings is 1. The maximum Gasteiger partial charge on any atom is 0.196 e. The van der Waals surface area contributed by atoms with Crippen LogP contribution in [0.1, 0.15) is 5.82 Å². The van der Waals surface area contributed by atoms with Crippen molar-refractivity contribution in [3.8, 4) is 11.3 Å². The van der Waals surface area contributed by atoms with E-state index in [-0.39, 0.29) is 5.82 Å². The molecule has 0 saturated heterocycles. The molecule has 0 unspecified atom stereocenters.